The number of carbonyl (C=O) groups is 2. The van der Waals surface area contributed by atoms with Gasteiger partial charge in [0.2, 0.25) is 5.76 Å². The summed E-state index contributed by atoms with van der Waals surface area (Å²) >= 11 is 0. The van der Waals surface area contributed by atoms with E-state index in [1.807, 2.05) is 0 Å². The molecule has 0 heterocycles. The Morgan fingerprint density at radius 2 is 1.62 bits per heavy atom. The van der Waals surface area contributed by atoms with Gasteiger partial charge in [-0.2, -0.15) is 0 Å². The zero-order valence-corrected chi connectivity index (χ0v) is 14.1. The molecule has 1 amide bonds. The second-order valence-corrected chi connectivity index (χ2v) is 5.59. The molecule has 0 aliphatic rings. The van der Waals surface area contributed by atoms with E-state index in [-0.39, 0.29) is 12.4 Å². The van der Waals surface area contributed by atoms with Gasteiger partial charge in [0.1, 0.15) is 18.2 Å². The molecule has 0 bridgehead atoms. The van der Waals surface area contributed by atoms with Gasteiger partial charge in [0, 0.05) is 13.6 Å². The number of rotatable bonds is 7. The van der Waals surface area contributed by atoms with E-state index in [1.165, 1.54) is 24.1 Å². The van der Waals surface area contributed by atoms with Gasteiger partial charge in [-0.05, 0) is 35.4 Å². The lowest BCUT2D eigenvalue weighted by Gasteiger charge is -2.15. The average Bonchev–Trinajstić information content (AvgIpc) is 2.62. The van der Waals surface area contributed by atoms with Crippen LogP contribution in [0.3, 0.4) is 0 Å². The van der Waals surface area contributed by atoms with Crippen molar-refractivity contribution in [3.05, 3.63) is 77.3 Å². The number of halogens is 1. The van der Waals surface area contributed by atoms with Gasteiger partial charge in [-0.3, -0.25) is 4.79 Å². The Bertz CT molecular complexity index is 800. The van der Waals surface area contributed by atoms with Crippen molar-refractivity contribution in [2.75, 3.05) is 7.05 Å². The van der Waals surface area contributed by atoms with Crippen LogP contribution in [-0.4, -0.2) is 34.0 Å². The Labute approximate surface area is 149 Å². The van der Waals surface area contributed by atoms with Gasteiger partial charge >= 0.3 is 5.97 Å². The monoisotopic (exact) mass is 359 g/mol. The highest BCUT2D eigenvalue weighted by molar-refractivity contribution is 5.95. The summed E-state index contributed by atoms with van der Waals surface area (Å²) in [6.07, 6.45) is 0.655. The zero-order valence-electron chi connectivity index (χ0n) is 14.1. The predicted molar refractivity (Wildman–Crippen MR) is 92.0 cm³/mol. The Morgan fingerprint density at radius 3 is 2.19 bits per heavy atom. The summed E-state index contributed by atoms with van der Waals surface area (Å²) in [5.41, 5.74) is 1.64. The molecule has 0 saturated heterocycles. The number of benzene rings is 2. The minimum Gasteiger partial charge on any atom is -0.502 e. The van der Waals surface area contributed by atoms with Crippen LogP contribution in [0.25, 0.3) is 0 Å². The van der Waals surface area contributed by atoms with E-state index in [1.54, 1.807) is 36.4 Å². The Balaban J connectivity index is 1.90. The summed E-state index contributed by atoms with van der Waals surface area (Å²) in [4.78, 5) is 23.6. The van der Waals surface area contributed by atoms with Crippen LogP contribution in [-0.2, 0) is 22.7 Å². The largest absolute Gasteiger partial charge is 0.502 e. The van der Waals surface area contributed by atoms with Crippen LogP contribution >= 0.6 is 0 Å². The minimum absolute atomic E-state index is 0.237. The molecule has 136 valence electrons. The van der Waals surface area contributed by atoms with Gasteiger partial charge in [-0.15, -0.1) is 0 Å². The van der Waals surface area contributed by atoms with Crippen molar-refractivity contribution in [3.8, 4) is 5.75 Å². The van der Waals surface area contributed by atoms with Crippen LogP contribution < -0.4 is 4.74 Å². The lowest BCUT2D eigenvalue weighted by molar-refractivity contribution is -0.136. The van der Waals surface area contributed by atoms with Crippen LogP contribution in [0.15, 0.2) is 60.4 Å². The van der Waals surface area contributed by atoms with Gasteiger partial charge in [0.15, 0.2) is 0 Å². The molecule has 0 aromatic heterocycles. The second-order valence-electron chi connectivity index (χ2n) is 5.59. The topological polar surface area (TPSA) is 87.1 Å². The molecule has 0 aliphatic heterocycles. The quantitative estimate of drug-likeness (QED) is 0.586. The average molecular weight is 359 g/mol. The Kier molecular flexibility index (Phi) is 6.32. The van der Waals surface area contributed by atoms with Gasteiger partial charge in [-0.1, -0.05) is 24.3 Å². The van der Waals surface area contributed by atoms with Gasteiger partial charge in [-0.25, -0.2) is 9.18 Å². The molecular formula is C19H18FNO5. The minimum atomic E-state index is -1.56. The molecule has 2 rings (SSSR count). The highest BCUT2D eigenvalue weighted by Gasteiger charge is 2.11. The molecule has 0 radical (unpaired) electrons. The van der Waals surface area contributed by atoms with Gasteiger partial charge in [0.05, 0.1) is 6.08 Å². The number of hydrogen-bond acceptors (Lipinski definition) is 4. The van der Waals surface area contributed by atoms with Crippen LogP contribution in [0.5, 0.6) is 5.75 Å². The van der Waals surface area contributed by atoms with Crippen molar-refractivity contribution in [2.24, 2.45) is 0 Å². The van der Waals surface area contributed by atoms with E-state index in [0.29, 0.717) is 18.4 Å². The lowest BCUT2D eigenvalue weighted by Crippen LogP contribution is -2.25. The van der Waals surface area contributed by atoms with Crippen molar-refractivity contribution in [2.45, 2.75) is 13.2 Å². The smallest absolute Gasteiger partial charge is 0.371 e. The number of aliphatic hydroxyl groups excluding tert-OH is 1. The van der Waals surface area contributed by atoms with E-state index in [2.05, 4.69) is 0 Å². The molecule has 0 aliphatic carbocycles. The first-order valence-electron chi connectivity index (χ1n) is 7.70. The first-order valence-corrected chi connectivity index (χ1v) is 7.70. The molecule has 6 nitrogen and oxygen atoms in total. The first-order chi connectivity index (χ1) is 12.3. The summed E-state index contributed by atoms with van der Waals surface area (Å²) in [6.45, 7) is 0.539. The number of amides is 1. The van der Waals surface area contributed by atoms with E-state index >= 15 is 0 Å². The molecular weight excluding hydrogens is 341 g/mol. The van der Waals surface area contributed by atoms with Crippen molar-refractivity contribution >= 4 is 11.9 Å². The molecule has 0 atom stereocenters. The maximum atomic E-state index is 12.8. The third kappa shape index (κ3) is 5.62. The van der Waals surface area contributed by atoms with Crippen molar-refractivity contribution in [1.29, 1.82) is 0 Å². The summed E-state index contributed by atoms with van der Waals surface area (Å²) in [6, 6.07) is 13.0. The maximum absolute atomic E-state index is 12.8. The van der Waals surface area contributed by atoms with Crippen molar-refractivity contribution < 1.29 is 28.9 Å². The summed E-state index contributed by atoms with van der Waals surface area (Å²) in [5, 5.41) is 17.7. The Hall–Kier alpha value is -3.35. The van der Waals surface area contributed by atoms with Crippen LogP contribution in [0.1, 0.15) is 11.1 Å². The number of aliphatic carboxylic acids is 1. The standard InChI is InChI=1S/C19H18FNO5/c1-21(18(23)10-17(22)19(24)25)11-13-4-8-16(9-5-13)26-12-14-2-6-15(20)7-3-14/h2-10,22H,11-12H2,1H3,(H,24,25)/b17-10-. The fraction of sp³-hybridized carbons (Fsp3) is 0.158. The zero-order chi connectivity index (χ0) is 19.1. The van der Waals surface area contributed by atoms with Crippen molar-refractivity contribution in [3.63, 3.8) is 0 Å². The lowest BCUT2D eigenvalue weighted by atomic mass is 10.2. The number of likely N-dealkylation sites (N-methyl/N-ethyl adjacent to an activating group) is 1. The summed E-state index contributed by atoms with van der Waals surface area (Å²) in [7, 11) is 1.49. The van der Waals surface area contributed by atoms with E-state index < -0.39 is 17.6 Å². The third-order valence-electron chi connectivity index (χ3n) is 3.52. The maximum Gasteiger partial charge on any atom is 0.371 e. The molecule has 2 aromatic rings. The molecule has 2 N–H and O–H groups in total. The number of carbonyl (C=O) groups excluding carboxylic acids is 1. The molecule has 0 fully saturated rings. The van der Waals surface area contributed by atoms with Gasteiger partial charge in [0.25, 0.3) is 5.91 Å². The molecule has 0 spiro atoms. The first kappa shape index (κ1) is 19.0. The fourth-order valence-corrected chi connectivity index (χ4v) is 2.08. The fourth-order valence-electron chi connectivity index (χ4n) is 2.08. The molecule has 2 aromatic carbocycles. The number of carboxylic acids is 1. The summed E-state index contributed by atoms with van der Waals surface area (Å²) in [5.74, 6) is -2.87. The molecule has 7 heteroatoms. The van der Waals surface area contributed by atoms with Gasteiger partial charge < -0.3 is 19.8 Å². The number of ether oxygens (including phenoxy) is 1. The van der Waals surface area contributed by atoms with Crippen LogP contribution in [0.2, 0.25) is 0 Å². The van der Waals surface area contributed by atoms with Crippen LogP contribution in [0.4, 0.5) is 4.39 Å². The summed E-state index contributed by atoms with van der Waals surface area (Å²) < 4.78 is 18.5. The molecule has 26 heavy (non-hydrogen) atoms. The third-order valence-corrected chi connectivity index (χ3v) is 3.52. The Morgan fingerprint density at radius 1 is 1.04 bits per heavy atom. The van der Waals surface area contributed by atoms with E-state index in [4.69, 9.17) is 14.9 Å². The SMILES string of the molecule is CN(Cc1ccc(OCc2ccc(F)cc2)cc1)C(=O)/C=C(\O)C(=O)O. The van der Waals surface area contributed by atoms with E-state index in [0.717, 1.165) is 11.1 Å². The number of hydrogen-bond donors (Lipinski definition) is 2. The number of nitrogens with zero attached hydrogens (tertiary/aromatic N) is 1. The highest BCUT2D eigenvalue weighted by Crippen LogP contribution is 2.15. The molecule has 0 unspecified atom stereocenters. The van der Waals surface area contributed by atoms with Crippen molar-refractivity contribution in [1.82, 2.24) is 4.90 Å². The van der Waals surface area contributed by atoms with Crippen LogP contribution in [0, 0.1) is 5.82 Å². The number of aliphatic hydroxyl groups is 1. The normalized spacial score (nSPS) is 11.1. The number of carboxylic acid groups (broad SMARTS) is 1. The highest BCUT2D eigenvalue weighted by atomic mass is 19.1. The molecule has 0 saturated carbocycles. The predicted octanol–water partition coefficient (Wildman–Crippen LogP) is 2.89. The van der Waals surface area contributed by atoms with E-state index in [9.17, 15) is 14.0 Å². The second kappa shape index (κ2) is 8.66.